The molecule has 24 heavy (non-hydrogen) atoms. The van der Waals surface area contributed by atoms with Gasteiger partial charge >= 0.3 is 0 Å². The lowest BCUT2D eigenvalue weighted by atomic mass is 10.1. The zero-order valence-electron chi connectivity index (χ0n) is 16.9. The fourth-order valence-corrected chi connectivity index (χ4v) is 3.81. The molecule has 0 aliphatic carbocycles. The molecule has 0 saturated carbocycles. The van der Waals surface area contributed by atoms with Gasteiger partial charge in [0, 0.05) is 12.3 Å². The summed E-state index contributed by atoms with van der Waals surface area (Å²) >= 11 is 6.05. The normalized spacial score (nSPS) is 11.5. The third-order valence-corrected chi connectivity index (χ3v) is 5.49. The molecule has 0 N–H and O–H groups in total. The highest BCUT2D eigenvalue weighted by molar-refractivity contribution is 6.17. The second-order valence-corrected chi connectivity index (χ2v) is 7.84. The van der Waals surface area contributed by atoms with Crippen molar-refractivity contribution in [2.45, 2.75) is 104 Å². The van der Waals surface area contributed by atoms with Crippen molar-refractivity contribution in [3.63, 3.8) is 0 Å². The molecule has 0 spiro atoms. The van der Waals surface area contributed by atoms with Crippen LogP contribution in [-0.2, 0) is 0 Å². The summed E-state index contributed by atoms with van der Waals surface area (Å²) in [5.41, 5.74) is 0. The number of nitrogens with zero attached hydrogens (tertiary/aromatic N) is 1. The van der Waals surface area contributed by atoms with Gasteiger partial charge in [-0.05, 0) is 38.5 Å². The van der Waals surface area contributed by atoms with Crippen molar-refractivity contribution < 1.29 is 28.5 Å². The maximum atomic E-state index is 6.05. The van der Waals surface area contributed by atoms with Crippen LogP contribution in [0.3, 0.4) is 0 Å². The predicted molar refractivity (Wildman–Crippen MR) is 107 cm³/mol. The molecule has 0 unspecified atom stereocenters. The number of unbranched alkanes of at least 4 members (excludes halogenated alkanes) is 9. The summed E-state index contributed by atoms with van der Waals surface area (Å²) in [7, 11) is 0. The van der Waals surface area contributed by atoms with Gasteiger partial charge in [-0.25, -0.2) is 0 Å². The van der Waals surface area contributed by atoms with Gasteiger partial charge in [0.25, 0.3) is 0 Å². The van der Waals surface area contributed by atoms with Gasteiger partial charge in [0.1, 0.15) is 0 Å². The van der Waals surface area contributed by atoms with Gasteiger partial charge in [-0.1, -0.05) is 59.3 Å². The summed E-state index contributed by atoms with van der Waals surface area (Å²) in [4.78, 5) is 0. The second kappa shape index (κ2) is 20.3. The van der Waals surface area contributed by atoms with Crippen LogP contribution < -0.4 is 24.0 Å². The quantitative estimate of drug-likeness (QED) is 0.121. The molecule has 0 aliphatic heterocycles. The van der Waals surface area contributed by atoms with Gasteiger partial charge in [0.15, 0.2) is 0 Å². The summed E-state index contributed by atoms with van der Waals surface area (Å²) in [5, 5.41) is 0. The van der Waals surface area contributed by atoms with Crippen LogP contribution in [0.2, 0.25) is 0 Å². The van der Waals surface area contributed by atoms with Crippen LogP contribution >= 0.6 is 11.6 Å². The van der Waals surface area contributed by atoms with Gasteiger partial charge < -0.3 is 28.5 Å². The molecule has 0 rings (SSSR count). The first-order valence-corrected chi connectivity index (χ1v) is 11.2. The first-order valence-electron chi connectivity index (χ1n) is 10.7. The summed E-state index contributed by atoms with van der Waals surface area (Å²) < 4.78 is 1.36. The first-order chi connectivity index (χ1) is 11.2. The highest BCUT2D eigenvalue weighted by Crippen LogP contribution is 2.18. The SMILES string of the molecule is CCCCCC[N+](CCCCl)(CCCCCC)CCCCCC.[I-]. The molecule has 0 heterocycles. The third kappa shape index (κ3) is 15.3. The lowest BCUT2D eigenvalue weighted by Gasteiger charge is -2.39. The maximum Gasteiger partial charge on any atom is 0.0798 e. The van der Waals surface area contributed by atoms with Crippen molar-refractivity contribution in [3.05, 3.63) is 0 Å². The first kappa shape index (κ1) is 27.2. The molecule has 0 amide bonds. The zero-order chi connectivity index (χ0) is 17.2. The summed E-state index contributed by atoms with van der Waals surface area (Å²) in [6.45, 7) is 12.4. The minimum atomic E-state index is 0. The van der Waals surface area contributed by atoms with Crippen molar-refractivity contribution in [1.82, 2.24) is 0 Å². The van der Waals surface area contributed by atoms with E-state index in [1.165, 1.54) is 114 Å². The van der Waals surface area contributed by atoms with Crippen LogP contribution in [0.25, 0.3) is 0 Å². The summed E-state index contributed by atoms with van der Waals surface area (Å²) in [6.07, 6.45) is 17.9. The topological polar surface area (TPSA) is 0 Å². The van der Waals surface area contributed by atoms with E-state index in [4.69, 9.17) is 11.6 Å². The molecule has 0 fully saturated rings. The zero-order valence-corrected chi connectivity index (χ0v) is 19.8. The molecule has 0 aliphatic rings. The van der Waals surface area contributed by atoms with Crippen molar-refractivity contribution >= 4 is 11.6 Å². The highest BCUT2D eigenvalue weighted by atomic mass is 127. The molecule has 3 heteroatoms. The fourth-order valence-electron chi connectivity index (χ4n) is 3.69. The van der Waals surface area contributed by atoms with Gasteiger partial charge in [-0.15, -0.1) is 11.6 Å². The number of rotatable bonds is 18. The fraction of sp³-hybridized carbons (Fsp3) is 1.00. The largest absolute Gasteiger partial charge is 1.00 e. The smallest absolute Gasteiger partial charge is 0.0798 e. The van der Waals surface area contributed by atoms with E-state index < -0.39 is 0 Å². The summed E-state index contributed by atoms with van der Waals surface area (Å²) in [6, 6.07) is 0. The molecule has 0 aromatic heterocycles. The molecule has 0 radical (unpaired) electrons. The Morgan fingerprint density at radius 2 is 0.833 bits per heavy atom. The van der Waals surface area contributed by atoms with E-state index in [0.717, 1.165) is 5.88 Å². The van der Waals surface area contributed by atoms with Crippen LogP contribution in [0.4, 0.5) is 0 Å². The van der Waals surface area contributed by atoms with Crippen LogP contribution in [0.1, 0.15) is 104 Å². The minimum Gasteiger partial charge on any atom is -1.00 e. The van der Waals surface area contributed by atoms with E-state index in [1.807, 2.05) is 0 Å². The average molecular weight is 474 g/mol. The molecule has 0 atom stereocenters. The number of hydrogen-bond acceptors (Lipinski definition) is 0. The molecule has 1 nitrogen and oxygen atoms in total. The lowest BCUT2D eigenvalue weighted by molar-refractivity contribution is -0.928. The molecule has 148 valence electrons. The van der Waals surface area contributed by atoms with E-state index >= 15 is 0 Å². The van der Waals surface area contributed by atoms with Crippen LogP contribution in [0.5, 0.6) is 0 Å². The monoisotopic (exact) mass is 473 g/mol. The predicted octanol–water partition coefficient (Wildman–Crippen LogP) is 4.18. The van der Waals surface area contributed by atoms with Gasteiger partial charge in [0.05, 0.1) is 26.2 Å². The molecule has 0 aromatic carbocycles. The van der Waals surface area contributed by atoms with Gasteiger partial charge in [-0.2, -0.15) is 0 Å². The molecule has 0 aromatic rings. The third-order valence-electron chi connectivity index (χ3n) is 5.22. The Labute approximate surface area is 175 Å². The van der Waals surface area contributed by atoms with Gasteiger partial charge in [-0.3, -0.25) is 0 Å². The molecule has 0 bridgehead atoms. The minimum absolute atomic E-state index is 0. The Kier molecular flexibility index (Phi) is 23.0. The molecule has 0 saturated heterocycles. The van der Waals surface area contributed by atoms with Crippen molar-refractivity contribution in [2.75, 3.05) is 32.1 Å². The Balaban J connectivity index is 0. The summed E-state index contributed by atoms with van der Waals surface area (Å²) in [5.74, 6) is 0.832. The number of alkyl halides is 1. The number of hydrogen-bond donors (Lipinski definition) is 0. The Morgan fingerprint density at radius 1 is 0.500 bits per heavy atom. The second-order valence-electron chi connectivity index (χ2n) is 7.46. The van der Waals surface area contributed by atoms with Crippen molar-refractivity contribution in [3.8, 4) is 0 Å². The van der Waals surface area contributed by atoms with E-state index in [0.29, 0.717) is 0 Å². The Bertz CT molecular complexity index is 205. The van der Waals surface area contributed by atoms with E-state index in [1.54, 1.807) is 0 Å². The number of quaternary nitrogens is 1. The van der Waals surface area contributed by atoms with Gasteiger partial charge in [0.2, 0.25) is 0 Å². The maximum absolute atomic E-state index is 6.05. The molecular formula is C21H45ClIN. The standard InChI is InChI=1S/C21H45ClN.HI/c1-4-7-10-13-18-23(21-16-17-22,19-14-11-8-5-2)20-15-12-9-6-3;/h4-21H2,1-3H3;1H/q+1;/p-1. The highest BCUT2D eigenvalue weighted by Gasteiger charge is 2.25. The Morgan fingerprint density at radius 3 is 1.12 bits per heavy atom. The number of halogens is 2. The van der Waals surface area contributed by atoms with Crippen LogP contribution in [-0.4, -0.2) is 36.5 Å². The van der Waals surface area contributed by atoms with Crippen LogP contribution in [0.15, 0.2) is 0 Å². The van der Waals surface area contributed by atoms with E-state index in [9.17, 15) is 0 Å². The average Bonchev–Trinajstić information content (AvgIpc) is 2.57. The van der Waals surface area contributed by atoms with Crippen LogP contribution in [0, 0.1) is 0 Å². The van der Waals surface area contributed by atoms with Crippen molar-refractivity contribution in [2.24, 2.45) is 0 Å². The molecular weight excluding hydrogens is 429 g/mol. The lowest BCUT2D eigenvalue weighted by Crippen LogP contribution is -3.00. The van der Waals surface area contributed by atoms with E-state index in [2.05, 4.69) is 20.8 Å². The Hall–Kier alpha value is 0.980. The van der Waals surface area contributed by atoms with Crippen molar-refractivity contribution in [1.29, 1.82) is 0 Å². The van der Waals surface area contributed by atoms with E-state index in [-0.39, 0.29) is 24.0 Å².